The van der Waals surface area contributed by atoms with Crippen molar-refractivity contribution in [2.75, 3.05) is 5.32 Å². The van der Waals surface area contributed by atoms with Crippen molar-refractivity contribution in [3.63, 3.8) is 0 Å². The van der Waals surface area contributed by atoms with E-state index in [0.29, 0.717) is 11.0 Å². The predicted octanol–water partition coefficient (Wildman–Crippen LogP) is 3.13. The molecule has 3 aromatic rings. The molecule has 0 spiro atoms. The molecule has 1 heterocycles. The minimum Gasteiger partial charge on any atom is -0.322 e. The van der Waals surface area contributed by atoms with Crippen molar-refractivity contribution < 1.29 is 18.0 Å². The van der Waals surface area contributed by atoms with E-state index in [1.165, 1.54) is 30.3 Å². The lowest BCUT2D eigenvalue weighted by Gasteiger charge is -2.10. The van der Waals surface area contributed by atoms with Gasteiger partial charge in [0.2, 0.25) is 0 Å². The Balaban J connectivity index is 1.87. The number of fused-ring (bicyclic) bond motifs is 1. The van der Waals surface area contributed by atoms with Crippen LogP contribution in [0.2, 0.25) is 0 Å². The van der Waals surface area contributed by atoms with Crippen LogP contribution < -0.4 is 11.0 Å². The topological polar surface area (TPSA) is 77.8 Å². The zero-order valence-corrected chi connectivity index (χ0v) is 11.5. The summed E-state index contributed by atoms with van der Waals surface area (Å²) in [5.41, 5.74) is -0.0360. The standard InChI is InChI=1S/C15H10F3N3O2/c16-15(17,18)9-2-1-3-10(7-9)19-13(22)8-4-5-11-12(6-8)21-14(23)20-11/h1-7H,(H,19,22)(H2,20,21,23). The first kappa shape index (κ1) is 14.9. The smallest absolute Gasteiger partial charge is 0.322 e. The Kier molecular flexibility index (Phi) is 3.44. The van der Waals surface area contributed by atoms with Crippen molar-refractivity contribution in [3.05, 3.63) is 64.1 Å². The van der Waals surface area contributed by atoms with Crippen LogP contribution in [0, 0.1) is 0 Å². The van der Waals surface area contributed by atoms with E-state index in [4.69, 9.17) is 0 Å². The normalized spacial score (nSPS) is 11.6. The molecule has 1 aromatic heterocycles. The Morgan fingerprint density at radius 1 is 1.00 bits per heavy atom. The fourth-order valence-corrected chi connectivity index (χ4v) is 2.15. The summed E-state index contributed by atoms with van der Waals surface area (Å²) < 4.78 is 38.0. The molecule has 23 heavy (non-hydrogen) atoms. The predicted molar refractivity (Wildman–Crippen MR) is 78.3 cm³/mol. The zero-order valence-electron chi connectivity index (χ0n) is 11.5. The Morgan fingerprint density at radius 2 is 1.74 bits per heavy atom. The SMILES string of the molecule is O=C(Nc1cccc(C(F)(F)F)c1)c1ccc2[nH]c(=O)[nH]c2c1. The summed E-state index contributed by atoms with van der Waals surface area (Å²) in [7, 11) is 0. The number of aromatic nitrogens is 2. The van der Waals surface area contributed by atoms with E-state index in [-0.39, 0.29) is 11.3 Å². The van der Waals surface area contributed by atoms with Crippen molar-refractivity contribution in [2.24, 2.45) is 0 Å². The third-order valence-corrected chi connectivity index (χ3v) is 3.23. The van der Waals surface area contributed by atoms with Crippen LogP contribution in [0.4, 0.5) is 18.9 Å². The summed E-state index contributed by atoms with van der Waals surface area (Å²) in [6.07, 6.45) is -4.48. The molecule has 5 nitrogen and oxygen atoms in total. The monoisotopic (exact) mass is 321 g/mol. The summed E-state index contributed by atoms with van der Waals surface area (Å²) in [6, 6.07) is 8.80. The van der Waals surface area contributed by atoms with Crippen LogP contribution in [0.1, 0.15) is 15.9 Å². The van der Waals surface area contributed by atoms with Crippen LogP contribution in [-0.4, -0.2) is 15.9 Å². The fourth-order valence-electron chi connectivity index (χ4n) is 2.15. The average Bonchev–Trinajstić information content (AvgIpc) is 2.85. The minimum absolute atomic E-state index is 0.0347. The van der Waals surface area contributed by atoms with E-state index in [1.807, 2.05) is 0 Å². The summed E-state index contributed by atoms with van der Waals surface area (Å²) in [4.78, 5) is 28.3. The third kappa shape index (κ3) is 3.10. The lowest BCUT2D eigenvalue weighted by Crippen LogP contribution is -2.13. The van der Waals surface area contributed by atoms with Gasteiger partial charge < -0.3 is 15.3 Å². The van der Waals surface area contributed by atoms with Crippen molar-refractivity contribution in [1.82, 2.24) is 9.97 Å². The highest BCUT2D eigenvalue weighted by atomic mass is 19.4. The van der Waals surface area contributed by atoms with E-state index < -0.39 is 23.3 Å². The third-order valence-electron chi connectivity index (χ3n) is 3.23. The molecule has 0 saturated carbocycles. The van der Waals surface area contributed by atoms with Crippen LogP contribution >= 0.6 is 0 Å². The molecule has 118 valence electrons. The Hall–Kier alpha value is -3.03. The molecular weight excluding hydrogens is 311 g/mol. The van der Waals surface area contributed by atoms with Crippen molar-refractivity contribution >= 4 is 22.6 Å². The van der Waals surface area contributed by atoms with Gasteiger partial charge in [0.25, 0.3) is 5.91 Å². The number of H-pyrrole nitrogens is 2. The van der Waals surface area contributed by atoms with Crippen LogP contribution in [0.5, 0.6) is 0 Å². The maximum atomic E-state index is 12.7. The van der Waals surface area contributed by atoms with Crippen LogP contribution in [0.3, 0.4) is 0 Å². The van der Waals surface area contributed by atoms with E-state index in [0.717, 1.165) is 12.1 Å². The molecule has 0 saturated heterocycles. The number of anilines is 1. The second kappa shape index (κ2) is 5.31. The van der Waals surface area contributed by atoms with Gasteiger partial charge in [-0.3, -0.25) is 4.79 Å². The molecule has 0 aliphatic rings. The van der Waals surface area contributed by atoms with E-state index in [1.54, 1.807) is 0 Å². The molecule has 0 fully saturated rings. The highest BCUT2D eigenvalue weighted by Crippen LogP contribution is 2.30. The molecule has 0 aliphatic carbocycles. The molecule has 0 aliphatic heterocycles. The van der Waals surface area contributed by atoms with Crippen LogP contribution in [0.15, 0.2) is 47.3 Å². The largest absolute Gasteiger partial charge is 0.416 e. The number of benzene rings is 2. The van der Waals surface area contributed by atoms with E-state index >= 15 is 0 Å². The molecule has 0 radical (unpaired) electrons. The first-order valence-electron chi connectivity index (χ1n) is 6.53. The van der Waals surface area contributed by atoms with E-state index in [9.17, 15) is 22.8 Å². The van der Waals surface area contributed by atoms with Crippen molar-refractivity contribution in [1.29, 1.82) is 0 Å². The number of rotatable bonds is 2. The van der Waals surface area contributed by atoms with Gasteiger partial charge in [-0.25, -0.2) is 4.79 Å². The van der Waals surface area contributed by atoms with Crippen LogP contribution in [0.25, 0.3) is 11.0 Å². The number of halogens is 3. The number of carbonyl (C=O) groups excluding carboxylic acids is 1. The summed E-state index contributed by atoms with van der Waals surface area (Å²) in [6.45, 7) is 0. The van der Waals surface area contributed by atoms with Gasteiger partial charge in [-0.2, -0.15) is 13.2 Å². The van der Waals surface area contributed by atoms with Gasteiger partial charge in [-0.1, -0.05) is 6.07 Å². The number of nitrogens with one attached hydrogen (secondary N) is 3. The zero-order chi connectivity index (χ0) is 16.6. The molecule has 3 N–H and O–H groups in total. The maximum Gasteiger partial charge on any atom is 0.416 e. The van der Waals surface area contributed by atoms with E-state index in [2.05, 4.69) is 15.3 Å². The molecule has 0 atom stereocenters. The number of hydrogen-bond donors (Lipinski definition) is 3. The van der Waals surface area contributed by atoms with Crippen LogP contribution in [-0.2, 0) is 6.18 Å². The van der Waals surface area contributed by atoms with Gasteiger partial charge in [0.05, 0.1) is 16.6 Å². The number of aromatic amines is 2. The fraction of sp³-hybridized carbons (Fsp3) is 0.0667. The molecule has 8 heteroatoms. The number of alkyl halides is 3. The van der Waals surface area contributed by atoms with Gasteiger partial charge in [-0.05, 0) is 36.4 Å². The lowest BCUT2D eigenvalue weighted by atomic mass is 10.1. The number of amides is 1. The van der Waals surface area contributed by atoms with Crippen molar-refractivity contribution in [3.8, 4) is 0 Å². The first-order valence-corrected chi connectivity index (χ1v) is 6.53. The molecule has 0 bridgehead atoms. The second-order valence-electron chi connectivity index (χ2n) is 4.87. The second-order valence-corrected chi connectivity index (χ2v) is 4.87. The first-order chi connectivity index (χ1) is 10.8. The summed E-state index contributed by atoms with van der Waals surface area (Å²) >= 11 is 0. The minimum atomic E-state index is -4.48. The van der Waals surface area contributed by atoms with Gasteiger partial charge >= 0.3 is 11.9 Å². The van der Waals surface area contributed by atoms with Gasteiger partial charge in [0.15, 0.2) is 0 Å². The van der Waals surface area contributed by atoms with Gasteiger partial charge in [-0.15, -0.1) is 0 Å². The molecule has 3 rings (SSSR count). The molecule has 0 unspecified atom stereocenters. The number of hydrogen-bond acceptors (Lipinski definition) is 2. The Labute approximate surface area is 127 Å². The number of imidazole rings is 1. The highest BCUT2D eigenvalue weighted by molar-refractivity contribution is 6.05. The highest BCUT2D eigenvalue weighted by Gasteiger charge is 2.30. The summed E-state index contributed by atoms with van der Waals surface area (Å²) in [5.74, 6) is -0.576. The average molecular weight is 321 g/mol. The number of carbonyl (C=O) groups is 1. The quantitative estimate of drug-likeness (QED) is 0.678. The lowest BCUT2D eigenvalue weighted by molar-refractivity contribution is -0.137. The Morgan fingerprint density at radius 3 is 2.48 bits per heavy atom. The molecular formula is C15H10F3N3O2. The van der Waals surface area contributed by atoms with Gasteiger partial charge in [0, 0.05) is 11.3 Å². The van der Waals surface area contributed by atoms with Crippen molar-refractivity contribution in [2.45, 2.75) is 6.18 Å². The molecule has 2 aromatic carbocycles. The molecule has 1 amide bonds. The Bertz CT molecular complexity index is 941. The summed E-state index contributed by atoms with van der Waals surface area (Å²) in [5, 5.41) is 2.40. The van der Waals surface area contributed by atoms with Gasteiger partial charge in [0.1, 0.15) is 0 Å². The maximum absolute atomic E-state index is 12.7.